The van der Waals surface area contributed by atoms with E-state index in [4.69, 9.17) is 5.73 Å². The summed E-state index contributed by atoms with van der Waals surface area (Å²) >= 11 is 3.59. The highest BCUT2D eigenvalue weighted by Gasteiger charge is 2.15. The Morgan fingerprint density at radius 3 is 2.82 bits per heavy atom. The second-order valence-corrected chi connectivity index (χ2v) is 5.44. The molecule has 0 amide bonds. The van der Waals surface area contributed by atoms with Gasteiger partial charge in [0, 0.05) is 41.9 Å². The third-order valence-electron chi connectivity index (χ3n) is 3.36. The highest BCUT2D eigenvalue weighted by Crippen LogP contribution is 2.28. The average Bonchev–Trinajstić information content (AvgIpc) is 2.54. The number of benzene rings is 1. The molecule has 1 aliphatic rings. The standard InChI is InChI=1S/C13H20BrN3/c1-16-6-3-7-17(9-8-16)13-5-2-4-12(14)11(13)10-15/h2,4-5H,3,6-10,15H2,1H3. The van der Waals surface area contributed by atoms with E-state index in [0.29, 0.717) is 6.54 Å². The predicted octanol–water partition coefficient (Wildman–Crippen LogP) is 2.05. The fourth-order valence-corrected chi connectivity index (χ4v) is 2.85. The van der Waals surface area contributed by atoms with Crippen LogP contribution in [0.5, 0.6) is 0 Å². The Morgan fingerprint density at radius 2 is 2.06 bits per heavy atom. The number of hydrogen-bond acceptors (Lipinski definition) is 3. The van der Waals surface area contributed by atoms with E-state index >= 15 is 0 Å². The molecule has 0 aliphatic carbocycles. The third-order valence-corrected chi connectivity index (χ3v) is 4.10. The SMILES string of the molecule is CN1CCCN(c2cccc(Br)c2CN)CC1. The average molecular weight is 298 g/mol. The van der Waals surface area contributed by atoms with Crippen molar-refractivity contribution in [1.29, 1.82) is 0 Å². The van der Waals surface area contributed by atoms with Gasteiger partial charge in [0.25, 0.3) is 0 Å². The van der Waals surface area contributed by atoms with E-state index < -0.39 is 0 Å². The fraction of sp³-hybridized carbons (Fsp3) is 0.538. The van der Waals surface area contributed by atoms with Crippen LogP contribution in [0.25, 0.3) is 0 Å². The van der Waals surface area contributed by atoms with Crippen molar-refractivity contribution in [3.8, 4) is 0 Å². The topological polar surface area (TPSA) is 32.5 Å². The number of nitrogens with zero attached hydrogens (tertiary/aromatic N) is 2. The first kappa shape index (κ1) is 12.9. The molecule has 1 aliphatic heterocycles. The van der Waals surface area contributed by atoms with E-state index in [1.807, 2.05) is 0 Å². The van der Waals surface area contributed by atoms with Crippen molar-refractivity contribution in [3.63, 3.8) is 0 Å². The normalized spacial score (nSPS) is 18.2. The maximum atomic E-state index is 5.86. The second kappa shape index (κ2) is 5.85. The molecule has 1 saturated heterocycles. The summed E-state index contributed by atoms with van der Waals surface area (Å²) in [5, 5.41) is 0. The molecule has 0 atom stereocenters. The van der Waals surface area contributed by atoms with Crippen LogP contribution in [0.15, 0.2) is 22.7 Å². The summed E-state index contributed by atoms with van der Waals surface area (Å²) in [5.41, 5.74) is 8.37. The van der Waals surface area contributed by atoms with Crippen molar-refractivity contribution in [2.24, 2.45) is 5.73 Å². The minimum atomic E-state index is 0.586. The molecule has 94 valence electrons. The van der Waals surface area contributed by atoms with Gasteiger partial charge in [-0.1, -0.05) is 22.0 Å². The summed E-state index contributed by atoms with van der Waals surface area (Å²) < 4.78 is 1.12. The van der Waals surface area contributed by atoms with E-state index in [0.717, 1.165) is 24.1 Å². The Labute approximate surface area is 112 Å². The summed E-state index contributed by atoms with van der Waals surface area (Å²) in [4.78, 5) is 4.84. The lowest BCUT2D eigenvalue weighted by molar-refractivity contribution is 0.360. The molecular formula is C13H20BrN3. The van der Waals surface area contributed by atoms with Gasteiger partial charge in [-0.2, -0.15) is 0 Å². The Bertz CT molecular complexity index is 381. The van der Waals surface area contributed by atoms with Crippen LogP contribution in [0.4, 0.5) is 5.69 Å². The summed E-state index contributed by atoms with van der Waals surface area (Å²) in [6.45, 7) is 5.09. The summed E-state index contributed by atoms with van der Waals surface area (Å²) in [5.74, 6) is 0. The lowest BCUT2D eigenvalue weighted by atomic mass is 10.1. The molecule has 1 aromatic rings. The van der Waals surface area contributed by atoms with Gasteiger partial charge in [0.05, 0.1) is 0 Å². The van der Waals surface area contributed by atoms with Crippen molar-refractivity contribution in [2.75, 3.05) is 38.1 Å². The molecule has 0 saturated carbocycles. The third kappa shape index (κ3) is 3.00. The highest BCUT2D eigenvalue weighted by molar-refractivity contribution is 9.10. The molecule has 2 N–H and O–H groups in total. The first-order chi connectivity index (χ1) is 8.22. The number of anilines is 1. The second-order valence-electron chi connectivity index (χ2n) is 4.59. The summed E-state index contributed by atoms with van der Waals surface area (Å²) in [7, 11) is 2.19. The van der Waals surface area contributed by atoms with Crippen LogP contribution in [-0.2, 0) is 6.54 Å². The van der Waals surface area contributed by atoms with Crippen LogP contribution in [-0.4, -0.2) is 38.1 Å². The Morgan fingerprint density at radius 1 is 1.24 bits per heavy atom. The van der Waals surface area contributed by atoms with Gasteiger partial charge in [-0.3, -0.25) is 0 Å². The molecule has 1 heterocycles. The van der Waals surface area contributed by atoms with E-state index in [-0.39, 0.29) is 0 Å². The Hall–Kier alpha value is -0.580. The summed E-state index contributed by atoms with van der Waals surface area (Å²) in [6.07, 6.45) is 1.22. The molecule has 0 radical (unpaired) electrons. The zero-order chi connectivity index (χ0) is 12.3. The minimum absolute atomic E-state index is 0.586. The predicted molar refractivity (Wildman–Crippen MR) is 76.4 cm³/mol. The maximum Gasteiger partial charge on any atom is 0.0423 e. The van der Waals surface area contributed by atoms with Crippen molar-refractivity contribution in [2.45, 2.75) is 13.0 Å². The molecule has 4 heteroatoms. The number of halogens is 1. The smallest absolute Gasteiger partial charge is 0.0423 e. The fourth-order valence-electron chi connectivity index (χ4n) is 2.33. The lowest BCUT2D eigenvalue weighted by Crippen LogP contribution is -2.29. The number of nitrogens with two attached hydrogens (primary N) is 1. The number of hydrogen-bond donors (Lipinski definition) is 1. The number of likely N-dealkylation sites (N-methyl/N-ethyl adjacent to an activating group) is 1. The Balaban J connectivity index is 2.23. The van der Waals surface area contributed by atoms with Crippen LogP contribution >= 0.6 is 15.9 Å². The van der Waals surface area contributed by atoms with Gasteiger partial charge < -0.3 is 15.5 Å². The highest BCUT2D eigenvalue weighted by atomic mass is 79.9. The first-order valence-electron chi connectivity index (χ1n) is 6.13. The molecule has 2 rings (SSSR count). The van der Waals surface area contributed by atoms with Crippen LogP contribution in [0.3, 0.4) is 0 Å². The van der Waals surface area contributed by atoms with Crippen molar-refractivity contribution in [1.82, 2.24) is 4.90 Å². The monoisotopic (exact) mass is 297 g/mol. The van der Waals surface area contributed by atoms with Gasteiger partial charge in [0.2, 0.25) is 0 Å². The van der Waals surface area contributed by atoms with Gasteiger partial charge in [-0.15, -0.1) is 0 Å². The Kier molecular flexibility index (Phi) is 4.42. The zero-order valence-corrected chi connectivity index (χ0v) is 11.9. The van der Waals surface area contributed by atoms with Crippen molar-refractivity contribution in [3.05, 3.63) is 28.2 Å². The largest absolute Gasteiger partial charge is 0.370 e. The van der Waals surface area contributed by atoms with Gasteiger partial charge in [-0.05, 0) is 32.1 Å². The van der Waals surface area contributed by atoms with E-state index in [1.54, 1.807) is 0 Å². The minimum Gasteiger partial charge on any atom is -0.370 e. The zero-order valence-electron chi connectivity index (χ0n) is 10.3. The van der Waals surface area contributed by atoms with Gasteiger partial charge in [-0.25, -0.2) is 0 Å². The van der Waals surface area contributed by atoms with Gasteiger partial charge in [0.1, 0.15) is 0 Å². The molecular weight excluding hydrogens is 278 g/mol. The summed E-state index contributed by atoms with van der Waals surface area (Å²) in [6, 6.07) is 6.33. The van der Waals surface area contributed by atoms with Crippen LogP contribution in [0.1, 0.15) is 12.0 Å². The molecule has 0 aromatic heterocycles. The quantitative estimate of drug-likeness (QED) is 0.907. The van der Waals surface area contributed by atoms with Crippen LogP contribution in [0.2, 0.25) is 0 Å². The molecule has 0 spiro atoms. The molecule has 3 nitrogen and oxygen atoms in total. The van der Waals surface area contributed by atoms with Gasteiger partial charge >= 0.3 is 0 Å². The molecule has 1 fully saturated rings. The van der Waals surface area contributed by atoms with E-state index in [1.165, 1.54) is 24.2 Å². The number of rotatable bonds is 2. The van der Waals surface area contributed by atoms with Crippen molar-refractivity contribution >= 4 is 21.6 Å². The lowest BCUT2D eigenvalue weighted by Gasteiger charge is -2.25. The van der Waals surface area contributed by atoms with Crippen LogP contribution < -0.4 is 10.6 Å². The molecule has 0 unspecified atom stereocenters. The molecule has 0 bridgehead atoms. The maximum absolute atomic E-state index is 5.86. The van der Waals surface area contributed by atoms with Gasteiger partial charge in [0.15, 0.2) is 0 Å². The van der Waals surface area contributed by atoms with Crippen LogP contribution in [0, 0.1) is 0 Å². The van der Waals surface area contributed by atoms with E-state index in [9.17, 15) is 0 Å². The van der Waals surface area contributed by atoms with E-state index in [2.05, 4.69) is 51.0 Å². The first-order valence-corrected chi connectivity index (χ1v) is 6.92. The van der Waals surface area contributed by atoms with Crippen molar-refractivity contribution < 1.29 is 0 Å². The molecule has 1 aromatic carbocycles. The molecule has 17 heavy (non-hydrogen) atoms.